The van der Waals surface area contributed by atoms with Crippen molar-refractivity contribution in [3.8, 4) is 0 Å². The molecule has 168 valence electrons. The molecule has 2 aromatic rings. The van der Waals surface area contributed by atoms with E-state index in [1.54, 1.807) is 16.7 Å². The van der Waals surface area contributed by atoms with E-state index in [-0.39, 0.29) is 17.9 Å². The summed E-state index contributed by atoms with van der Waals surface area (Å²) in [6, 6.07) is 17.9. The lowest BCUT2D eigenvalue weighted by Crippen LogP contribution is -2.52. The lowest BCUT2D eigenvalue weighted by atomic mass is 10.1. The highest BCUT2D eigenvalue weighted by molar-refractivity contribution is 9.10. The van der Waals surface area contributed by atoms with Gasteiger partial charge in [0.25, 0.3) is 0 Å². The summed E-state index contributed by atoms with van der Waals surface area (Å²) < 4.78 is 1.04. The lowest BCUT2D eigenvalue weighted by molar-refractivity contribution is -0.139. The van der Waals surface area contributed by atoms with Gasteiger partial charge in [0.15, 0.2) is 0 Å². The number of benzene rings is 2. The van der Waals surface area contributed by atoms with Crippen LogP contribution < -0.4 is 5.32 Å². The van der Waals surface area contributed by atoms with Gasteiger partial charge < -0.3 is 10.2 Å². The maximum Gasteiger partial charge on any atom is 0.243 e. The number of halogens is 1. The topological polar surface area (TPSA) is 49.4 Å². The molecule has 6 heteroatoms. The van der Waals surface area contributed by atoms with E-state index in [1.165, 1.54) is 11.1 Å². The first-order valence-electron chi connectivity index (χ1n) is 10.9. The lowest BCUT2D eigenvalue weighted by Gasteiger charge is -2.31. The van der Waals surface area contributed by atoms with Gasteiger partial charge in [-0.1, -0.05) is 72.2 Å². The Morgan fingerprint density at radius 3 is 2.29 bits per heavy atom. The summed E-state index contributed by atoms with van der Waals surface area (Å²) in [5, 5.41) is 3.06. The maximum atomic E-state index is 13.2. The molecule has 2 rings (SSSR count). The van der Waals surface area contributed by atoms with Crippen molar-refractivity contribution in [2.24, 2.45) is 0 Å². The summed E-state index contributed by atoms with van der Waals surface area (Å²) in [4.78, 5) is 27.9. The molecule has 0 saturated carbocycles. The second kappa shape index (κ2) is 13.6. The highest BCUT2D eigenvalue weighted by Gasteiger charge is 2.28. The van der Waals surface area contributed by atoms with Crippen LogP contribution in [0.2, 0.25) is 0 Å². The summed E-state index contributed by atoms with van der Waals surface area (Å²) >= 11 is 5.04. The molecular formula is C25H33BrN2O2S. The smallest absolute Gasteiger partial charge is 0.243 e. The van der Waals surface area contributed by atoms with Crippen LogP contribution in [0.25, 0.3) is 0 Å². The van der Waals surface area contributed by atoms with Gasteiger partial charge in [0.2, 0.25) is 11.8 Å². The second-order valence-electron chi connectivity index (χ2n) is 7.68. The molecule has 2 atom stereocenters. The number of hydrogen-bond donors (Lipinski definition) is 1. The second-order valence-corrected chi connectivity index (χ2v) is 9.59. The number of rotatable bonds is 12. The van der Waals surface area contributed by atoms with Gasteiger partial charge in [0, 0.05) is 22.8 Å². The number of carbonyl (C=O) groups excluding carboxylic acids is 2. The van der Waals surface area contributed by atoms with Crippen molar-refractivity contribution < 1.29 is 9.59 Å². The standard InChI is InChI=1S/C25H33BrN2O2S/c1-4-19(3)27-25(30)23(5-2)28(16-15-20-9-7-6-8-10-20)24(29)18-31-17-21-11-13-22(26)14-12-21/h6-14,19,23H,4-5,15-18H2,1-3H3,(H,27,30). The third-order valence-corrected chi connectivity index (χ3v) is 6.80. The van der Waals surface area contributed by atoms with E-state index < -0.39 is 6.04 Å². The molecular weight excluding hydrogens is 472 g/mol. The first-order chi connectivity index (χ1) is 14.9. The van der Waals surface area contributed by atoms with Crippen LogP contribution in [0.4, 0.5) is 0 Å². The molecule has 2 aromatic carbocycles. The number of thioether (sulfide) groups is 1. The molecule has 0 spiro atoms. The minimum absolute atomic E-state index is 0.0178. The first-order valence-corrected chi connectivity index (χ1v) is 12.8. The summed E-state index contributed by atoms with van der Waals surface area (Å²) in [7, 11) is 0. The third kappa shape index (κ3) is 8.69. The van der Waals surface area contributed by atoms with E-state index in [4.69, 9.17) is 0 Å². The first kappa shape index (κ1) is 25.5. The molecule has 0 aliphatic rings. The molecule has 1 N–H and O–H groups in total. The van der Waals surface area contributed by atoms with Gasteiger partial charge in [-0.25, -0.2) is 0 Å². The number of hydrogen-bond acceptors (Lipinski definition) is 3. The quantitative estimate of drug-likeness (QED) is 0.418. The number of nitrogens with zero attached hydrogens (tertiary/aromatic N) is 1. The SMILES string of the molecule is CCC(C)NC(=O)C(CC)N(CCc1ccccc1)C(=O)CSCc1ccc(Br)cc1. The Labute approximate surface area is 199 Å². The number of nitrogens with one attached hydrogen (secondary N) is 1. The Bertz CT molecular complexity index is 814. The van der Waals surface area contributed by atoms with Crippen LogP contribution in [0, 0.1) is 0 Å². The van der Waals surface area contributed by atoms with Crippen LogP contribution >= 0.6 is 27.7 Å². The molecule has 0 bridgehead atoms. The van der Waals surface area contributed by atoms with Gasteiger partial charge in [0.05, 0.1) is 5.75 Å². The fourth-order valence-electron chi connectivity index (χ4n) is 3.26. The third-order valence-electron chi connectivity index (χ3n) is 5.28. The predicted octanol–water partition coefficient (Wildman–Crippen LogP) is 5.45. The predicted molar refractivity (Wildman–Crippen MR) is 134 cm³/mol. The highest BCUT2D eigenvalue weighted by atomic mass is 79.9. The molecule has 0 radical (unpaired) electrons. The van der Waals surface area contributed by atoms with Crippen LogP contribution in [0.1, 0.15) is 44.7 Å². The van der Waals surface area contributed by atoms with Crippen LogP contribution in [-0.2, 0) is 21.8 Å². The summed E-state index contributed by atoms with van der Waals surface area (Å²) in [6.45, 7) is 6.55. The summed E-state index contributed by atoms with van der Waals surface area (Å²) in [5.74, 6) is 1.08. The van der Waals surface area contributed by atoms with Crippen LogP contribution in [0.5, 0.6) is 0 Å². The molecule has 0 saturated heterocycles. The van der Waals surface area contributed by atoms with Gasteiger partial charge in [0.1, 0.15) is 6.04 Å². The Morgan fingerprint density at radius 1 is 1.00 bits per heavy atom. The normalized spacial score (nSPS) is 12.8. The van der Waals surface area contributed by atoms with Gasteiger partial charge >= 0.3 is 0 Å². The highest BCUT2D eigenvalue weighted by Crippen LogP contribution is 2.18. The summed E-state index contributed by atoms with van der Waals surface area (Å²) in [6.07, 6.45) is 2.19. The molecule has 4 nitrogen and oxygen atoms in total. The van der Waals surface area contributed by atoms with Crippen molar-refractivity contribution >= 4 is 39.5 Å². The van der Waals surface area contributed by atoms with Crippen molar-refractivity contribution in [2.45, 2.75) is 57.9 Å². The number of amides is 2. The number of carbonyl (C=O) groups is 2. The minimum Gasteiger partial charge on any atom is -0.352 e. The monoisotopic (exact) mass is 504 g/mol. The average Bonchev–Trinajstić information content (AvgIpc) is 2.78. The molecule has 0 fully saturated rings. The van der Waals surface area contributed by atoms with Crippen LogP contribution in [0.3, 0.4) is 0 Å². The Hall–Kier alpha value is -1.79. The van der Waals surface area contributed by atoms with Crippen LogP contribution in [0.15, 0.2) is 59.1 Å². The van der Waals surface area contributed by atoms with Crippen molar-refractivity contribution in [3.63, 3.8) is 0 Å². The average molecular weight is 506 g/mol. The molecule has 0 aliphatic heterocycles. The van der Waals surface area contributed by atoms with Crippen molar-refractivity contribution in [1.82, 2.24) is 10.2 Å². The molecule has 31 heavy (non-hydrogen) atoms. The van der Waals surface area contributed by atoms with Gasteiger partial charge in [-0.3, -0.25) is 9.59 Å². The van der Waals surface area contributed by atoms with E-state index in [1.807, 2.05) is 51.1 Å². The molecule has 2 amide bonds. The van der Waals surface area contributed by atoms with E-state index in [9.17, 15) is 9.59 Å². The largest absolute Gasteiger partial charge is 0.352 e. The molecule has 0 aliphatic carbocycles. The van der Waals surface area contributed by atoms with E-state index >= 15 is 0 Å². The zero-order valence-corrected chi connectivity index (χ0v) is 21.0. The van der Waals surface area contributed by atoms with Crippen molar-refractivity contribution in [2.75, 3.05) is 12.3 Å². The van der Waals surface area contributed by atoms with Crippen molar-refractivity contribution in [1.29, 1.82) is 0 Å². The van der Waals surface area contributed by atoms with E-state index in [0.29, 0.717) is 18.7 Å². The fourth-order valence-corrected chi connectivity index (χ4v) is 4.39. The zero-order valence-electron chi connectivity index (χ0n) is 18.6. The van der Waals surface area contributed by atoms with Crippen LogP contribution in [-0.4, -0.2) is 41.1 Å². The molecule has 0 heterocycles. The molecule has 2 unspecified atom stereocenters. The van der Waals surface area contributed by atoms with Gasteiger partial charge in [-0.2, -0.15) is 0 Å². The zero-order chi connectivity index (χ0) is 22.6. The van der Waals surface area contributed by atoms with E-state index in [0.717, 1.165) is 23.1 Å². The van der Waals surface area contributed by atoms with Gasteiger partial charge in [-0.05, 0) is 49.4 Å². The Balaban J connectivity index is 2.05. The Kier molecular flexibility index (Phi) is 11.2. The molecule has 0 aromatic heterocycles. The maximum absolute atomic E-state index is 13.2. The summed E-state index contributed by atoms with van der Waals surface area (Å²) in [5.41, 5.74) is 2.35. The van der Waals surface area contributed by atoms with Gasteiger partial charge in [-0.15, -0.1) is 11.8 Å². The van der Waals surface area contributed by atoms with E-state index in [2.05, 4.69) is 45.5 Å². The fraction of sp³-hybridized carbons (Fsp3) is 0.440. The van der Waals surface area contributed by atoms with Crippen molar-refractivity contribution in [3.05, 3.63) is 70.2 Å². The Morgan fingerprint density at radius 2 is 1.68 bits per heavy atom. The minimum atomic E-state index is -0.446.